The molecule has 120 valence electrons. The summed E-state index contributed by atoms with van der Waals surface area (Å²) in [5.74, 6) is -1.55. The molecule has 0 aliphatic rings. The molecule has 0 atom stereocenters. The van der Waals surface area contributed by atoms with Crippen LogP contribution >= 0.6 is 34.2 Å². The van der Waals surface area contributed by atoms with Crippen molar-refractivity contribution in [1.29, 1.82) is 0 Å². The molecule has 3 aromatic rings. The van der Waals surface area contributed by atoms with Gasteiger partial charge in [0.05, 0.1) is 6.33 Å². The Morgan fingerprint density at radius 1 is 1.30 bits per heavy atom. The molecule has 2 heterocycles. The van der Waals surface area contributed by atoms with Gasteiger partial charge in [-0.1, -0.05) is 28.9 Å². The van der Waals surface area contributed by atoms with Crippen LogP contribution in [0.1, 0.15) is 11.5 Å². The molecule has 5 nitrogen and oxygen atoms in total. The van der Waals surface area contributed by atoms with Crippen LogP contribution in [0.4, 0.5) is 13.2 Å². The summed E-state index contributed by atoms with van der Waals surface area (Å²) in [4.78, 5) is 7.43. The minimum absolute atomic E-state index is 0.164. The third-order valence-corrected chi connectivity index (χ3v) is 3.84. The lowest BCUT2D eigenvalue weighted by molar-refractivity contribution is -0.159. The highest BCUT2D eigenvalue weighted by Gasteiger charge is 2.38. The molecule has 0 spiro atoms. The van der Waals surface area contributed by atoms with E-state index in [0.29, 0.717) is 17.1 Å². The van der Waals surface area contributed by atoms with Crippen molar-refractivity contribution in [3.8, 4) is 11.4 Å². The molecule has 10 heteroatoms. The van der Waals surface area contributed by atoms with Gasteiger partial charge in [-0.25, -0.2) is 4.98 Å². The number of hydrogen-bond donors (Lipinski definition) is 0. The summed E-state index contributed by atoms with van der Waals surface area (Å²) in [7, 11) is 0. The van der Waals surface area contributed by atoms with Crippen molar-refractivity contribution in [3.63, 3.8) is 0 Å². The third kappa shape index (κ3) is 3.66. The van der Waals surface area contributed by atoms with Gasteiger partial charge in [0.2, 0.25) is 5.82 Å². The van der Waals surface area contributed by atoms with Crippen LogP contribution in [0.2, 0.25) is 5.02 Å². The van der Waals surface area contributed by atoms with Crippen LogP contribution in [0.25, 0.3) is 11.4 Å². The Morgan fingerprint density at radius 2 is 2.09 bits per heavy atom. The van der Waals surface area contributed by atoms with E-state index in [1.165, 1.54) is 6.07 Å². The number of nitrogens with zero attached hydrogens (tertiary/aromatic N) is 4. The average Bonchev–Trinajstić information content (AvgIpc) is 3.10. The fourth-order valence-electron chi connectivity index (χ4n) is 1.89. The average molecular weight is 455 g/mol. The van der Waals surface area contributed by atoms with E-state index in [2.05, 4.69) is 42.2 Å². The second kappa shape index (κ2) is 6.11. The first-order valence-corrected chi connectivity index (χ1v) is 7.65. The van der Waals surface area contributed by atoms with Crippen LogP contribution in [0, 0.1) is 3.70 Å². The van der Waals surface area contributed by atoms with Crippen LogP contribution < -0.4 is 0 Å². The number of imidazole rings is 1. The summed E-state index contributed by atoms with van der Waals surface area (Å²) in [5.41, 5.74) is 1.14. The second-order valence-electron chi connectivity index (χ2n) is 4.60. The molecule has 0 saturated carbocycles. The molecule has 0 amide bonds. The molecule has 0 aliphatic carbocycles. The molecule has 0 bridgehead atoms. The first kappa shape index (κ1) is 16.2. The van der Waals surface area contributed by atoms with Crippen LogP contribution in [0.3, 0.4) is 0 Å². The lowest BCUT2D eigenvalue weighted by Crippen LogP contribution is -2.04. The lowest BCUT2D eigenvalue weighted by Gasteiger charge is -2.06. The molecular formula is C13H7ClF3IN4O. The molecule has 0 radical (unpaired) electrons. The van der Waals surface area contributed by atoms with Crippen LogP contribution in [0.15, 0.2) is 35.2 Å². The number of halogens is 5. The Labute approximate surface area is 146 Å². The smallest absolute Gasteiger partial charge is 0.332 e. The Morgan fingerprint density at radius 3 is 2.65 bits per heavy atom. The van der Waals surface area contributed by atoms with E-state index in [-0.39, 0.29) is 5.82 Å². The van der Waals surface area contributed by atoms with Gasteiger partial charge >= 0.3 is 12.1 Å². The first-order chi connectivity index (χ1) is 10.8. The van der Waals surface area contributed by atoms with Crippen molar-refractivity contribution < 1.29 is 17.7 Å². The Balaban J connectivity index is 1.85. The summed E-state index contributed by atoms with van der Waals surface area (Å²) in [6, 6.07) is 4.80. The fraction of sp³-hybridized carbons (Fsp3) is 0.154. The van der Waals surface area contributed by atoms with Crippen molar-refractivity contribution in [3.05, 3.63) is 50.9 Å². The van der Waals surface area contributed by atoms with E-state index >= 15 is 0 Å². The zero-order valence-electron chi connectivity index (χ0n) is 11.2. The summed E-state index contributed by atoms with van der Waals surface area (Å²) in [5, 5.41) is 3.72. The van der Waals surface area contributed by atoms with Crippen molar-refractivity contribution in [2.45, 2.75) is 12.7 Å². The Bertz CT molecular complexity index is 846. The fourth-order valence-corrected chi connectivity index (χ4v) is 2.61. The lowest BCUT2D eigenvalue weighted by atomic mass is 10.1. The normalized spacial score (nSPS) is 11.9. The van der Waals surface area contributed by atoms with Gasteiger partial charge in [0.15, 0.2) is 0 Å². The molecule has 0 fully saturated rings. The van der Waals surface area contributed by atoms with Gasteiger partial charge in [-0.05, 0) is 34.2 Å². The summed E-state index contributed by atoms with van der Waals surface area (Å²) in [6.45, 7) is 0.495. The number of aromatic nitrogens is 4. The molecule has 2 aromatic heterocycles. The zero-order valence-corrected chi connectivity index (χ0v) is 14.1. The topological polar surface area (TPSA) is 56.7 Å². The molecule has 3 rings (SSSR count). The monoisotopic (exact) mass is 454 g/mol. The molecule has 0 unspecified atom stereocenters. The highest BCUT2D eigenvalue weighted by atomic mass is 127. The third-order valence-electron chi connectivity index (χ3n) is 2.93. The van der Waals surface area contributed by atoms with Gasteiger partial charge in [-0.2, -0.15) is 18.2 Å². The quantitative estimate of drug-likeness (QED) is 0.555. The van der Waals surface area contributed by atoms with Gasteiger partial charge in [0.25, 0.3) is 0 Å². The van der Waals surface area contributed by atoms with Crippen LogP contribution in [-0.2, 0) is 12.7 Å². The van der Waals surface area contributed by atoms with Gasteiger partial charge < -0.3 is 9.09 Å². The molecule has 23 heavy (non-hydrogen) atoms. The minimum Gasteiger partial charge on any atom is -0.332 e. The SMILES string of the molecule is FC(F)(F)c1nc(-c2ccc(Cn3cnc(I)c3)c(Cl)c2)no1. The Hall–Kier alpha value is -1.62. The highest BCUT2D eigenvalue weighted by molar-refractivity contribution is 14.1. The van der Waals surface area contributed by atoms with Crippen LogP contribution in [0.5, 0.6) is 0 Å². The predicted octanol–water partition coefficient (Wildman–Crippen LogP) is 4.26. The standard InChI is InChI=1S/C13H7ClF3IN4O/c14-9-3-7(11-20-12(23-21-11)13(15,16)17)1-2-8(9)4-22-5-10(18)19-6-22/h1-3,5-6H,4H2. The van der Waals surface area contributed by atoms with Crippen molar-refractivity contribution >= 4 is 34.2 Å². The van der Waals surface area contributed by atoms with Gasteiger partial charge in [-0.15, -0.1) is 0 Å². The second-order valence-corrected chi connectivity index (χ2v) is 6.11. The zero-order chi connectivity index (χ0) is 16.6. The number of rotatable bonds is 3. The molecule has 1 aromatic carbocycles. The largest absolute Gasteiger partial charge is 0.471 e. The summed E-state index contributed by atoms with van der Waals surface area (Å²) in [6.07, 6.45) is -1.16. The van der Waals surface area contributed by atoms with E-state index in [0.717, 1.165) is 9.26 Å². The van der Waals surface area contributed by atoms with E-state index in [9.17, 15) is 13.2 Å². The molecular weight excluding hydrogens is 448 g/mol. The van der Waals surface area contributed by atoms with Gasteiger partial charge in [-0.3, -0.25) is 0 Å². The van der Waals surface area contributed by atoms with Gasteiger partial charge in [0, 0.05) is 23.3 Å². The summed E-state index contributed by atoms with van der Waals surface area (Å²) < 4.78 is 44.3. The van der Waals surface area contributed by atoms with Gasteiger partial charge in [0.1, 0.15) is 3.70 Å². The summed E-state index contributed by atoms with van der Waals surface area (Å²) >= 11 is 8.28. The maximum Gasteiger partial charge on any atom is 0.471 e. The molecule has 0 aliphatic heterocycles. The maximum atomic E-state index is 12.5. The highest BCUT2D eigenvalue weighted by Crippen LogP contribution is 2.30. The number of benzene rings is 1. The van der Waals surface area contributed by atoms with Crippen molar-refractivity contribution in [2.75, 3.05) is 0 Å². The van der Waals surface area contributed by atoms with E-state index < -0.39 is 12.1 Å². The Kier molecular flexibility index (Phi) is 4.32. The van der Waals surface area contributed by atoms with E-state index in [1.54, 1.807) is 18.5 Å². The van der Waals surface area contributed by atoms with Crippen molar-refractivity contribution in [1.82, 2.24) is 19.7 Å². The first-order valence-electron chi connectivity index (χ1n) is 6.20. The predicted molar refractivity (Wildman–Crippen MR) is 83.8 cm³/mol. The maximum absolute atomic E-state index is 12.5. The van der Waals surface area contributed by atoms with E-state index in [4.69, 9.17) is 11.6 Å². The van der Waals surface area contributed by atoms with Crippen molar-refractivity contribution in [2.24, 2.45) is 0 Å². The minimum atomic E-state index is -4.67. The number of hydrogen-bond acceptors (Lipinski definition) is 4. The van der Waals surface area contributed by atoms with E-state index in [1.807, 2.05) is 10.8 Å². The van der Waals surface area contributed by atoms with Crippen LogP contribution in [-0.4, -0.2) is 19.7 Å². The molecule has 0 N–H and O–H groups in total. The number of alkyl halides is 3. The molecule has 0 saturated heterocycles.